The van der Waals surface area contributed by atoms with E-state index in [0.717, 1.165) is 42.3 Å². The summed E-state index contributed by atoms with van der Waals surface area (Å²) in [7, 11) is 0. The summed E-state index contributed by atoms with van der Waals surface area (Å²) < 4.78 is 2.04. The SMILES string of the molecule is CCn1cnc2c(N3CCC(O)C3)nc(C(C)(C)C)nc21. The summed E-state index contributed by atoms with van der Waals surface area (Å²) in [5.74, 6) is 1.68. The minimum atomic E-state index is -0.277. The Labute approximate surface area is 124 Å². The van der Waals surface area contributed by atoms with Gasteiger partial charge in [0.25, 0.3) is 0 Å². The van der Waals surface area contributed by atoms with Gasteiger partial charge in [-0.3, -0.25) is 0 Å². The van der Waals surface area contributed by atoms with E-state index < -0.39 is 0 Å². The summed E-state index contributed by atoms with van der Waals surface area (Å²) in [4.78, 5) is 16.1. The van der Waals surface area contributed by atoms with E-state index in [1.165, 1.54) is 0 Å². The fourth-order valence-corrected chi connectivity index (χ4v) is 2.65. The predicted molar refractivity (Wildman–Crippen MR) is 82.5 cm³/mol. The second-order valence-corrected chi connectivity index (χ2v) is 6.71. The molecule has 0 bridgehead atoms. The molecule has 1 aliphatic heterocycles. The molecule has 21 heavy (non-hydrogen) atoms. The monoisotopic (exact) mass is 289 g/mol. The first-order chi connectivity index (χ1) is 9.90. The van der Waals surface area contributed by atoms with E-state index in [0.29, 0.717) is 6.54 Å². The Morgan fingerprint density at radius 2 is 2.10 bits per heavy atom. The molecule has 0 aliphatic carbocycles. The molecule has 0 aromatic carbocycles. The van der Waals surface area contributed by atoms with Crippen LogP contribution in [0, 0.1) is 0 Å². The number of β-amino-alcohol motifs (C(OH)–C–C–N with tert-alkyl or cyclic N) is 1. The molecule has 3 rings (SSSR count). The number of aliphatic hydroxyl groups is 1. The average molecular weight is 289 g/mol. The summed E-state index contributed by atoms with van der Waals surface area (Å²) in [6, 6.07) is 0. The van der Waals surface area contributed by atoms with E-state index in [1.54, 1.807) is 0 Å². The molecule has 6 nitrogen and oxygen atoms in total. The number of rotatable bonds is 2. The Hall–Kier alpha value is -1.69. The fraction of sp³-hybridized carbons (Fsp3) is 0.667. The van der Waals surface area contributed by atoms with Crippen molar-refractivity contribution in [2.75, 3.05) is 18.0 Å². The number of fused-ring (bicyclic) bond motifs is 1. The average Bonchev–Trinajstić information content (AvgIpc) is 3.02. The first-order valence-electron chi connectivity index (χ1n) is 7.56. The van der Waals surface area contributed by atoms with Gasteiger partial charge in [-0.05, 0) is 13.3 Å². The smallest absolute Gasteiger partial charge is 0.165 e. The third-order valence-corrected chi connectivity index (χ3v) is 3.92. The zero-order chi connectivity index (χ0) is 15.2. The molecule has 1 atom stereocenters. The van der Waals surface area contributed by atoms with Gasteiger partial charge in [-0.2, -0.15) is 0 Å². The third-order valence-electron chi connectivity index (χ3n) is 3.92. The van der Waals surface area contributed by atoms with Crippen molar-refractivity contribution in [1.29, 1.82) is 0 Å². The van der Waals surface area contributed by atoms with Gasteiger partial charge in [-0.15, -0.1) is 0 Å². The first-order valence-corrected chi connectivity index (χ1v) is 7.56. The summed E-state index contributed by atoms with van der Waals surface area (Å²) in [5.41, 5.74) is 1.59. The largest absolute Gasteiger partial charge is 0.391 e. The van der Waals surface area contributed by atoms with Crippen molar-refractivity contribution in [3.05, 3.63) is 12.2 Å². The van der Waals surface area contributed by atoms with Crippen LogP contribution < -0.4 is 4.90 Å². The molecule has 2 aromatic heterocycles. The summed E-state index contributed by atoms with van der Waals surface area (Å²) >= 11 is 0. The third kappa shape index (κ3) is 2.48. The van der Waals surface area contributed by atoms with Crippen molar-refractivity contribution in [2.24, 2.45) is 0 Å². The second-order valence-electron chi connectivity index (χ2n) is 6.71. The maximum absolute atomic E-state index is 9.80. The molecule has 0 radical (unpaired) electrons. The lowest BCUT2D eigenvalue weighted by Gasteiger charge is -2.22. The quantitative estimate of drug-likeness (QED) is 0.911. The summed E-state index contributed by atoms with van der Waals surface area (Å²) in [6.07, 6.45) is 2.33. The molecule has 6 heteroatoms. The lowest BCUT2D eigenvalue weighted by molar-refractivity contribution is 0.198. The van der Waals surface area contributed by atoms with Crippen LogP contribution in [0.3, 0.4) is 0 Å². The topological polar surface area (TPSA) is 67.1 Å². The highest BCUT2D eigenvalue weighted by Gasteiger charge is 2.28. The molecule has 0 spiro atoms. The molecule has 1 saturated heterocycles. The van der Waals surface area contributed by atoms with Gasteiger partial charge in [-0.1, -0.05) is 20.8 Å². The number of nitrogens with zero attached hydrogens (tertiary/aromatic N) is 5. The number of aliphatic hydroxyl groups excluding tert-OH is 1. The highest BCUT2D eigenvalue weighted by molar-refractivity contribution is 5.84. The van der Waals surface area contributed by atoms with Crippen LogP contribution in [0.15, 0.2) is 6.33 Å². The summed E-state index contributed by atoms with van der Waals surface area (Å²) in [6.45, 7) is 10.7. The van der Waals surface area contributed by atoms with Crippen LogP contribution in [0.1, 0.15) is 39.9 Å². The zero-order valence-corrected chi connectivity index (χ0v) is 13.2. The molecular formula is C15H23N5O. The van der Waals surface area contributed by atoms with Crippen molar-refractivity contribution in [1.82, 2.24) is 19.5 Å². The van der Waals surface area contributed by atoms with Crippen molar-refractivity contribution in [2.45, 2.75) is 52.2 Å². The number of aryl methyl sites for hydroxylation is 1. The second kappa shape index (κ2) is 4.94. The van der Waals surface area contributed by atoms with Gasteiger partial charge in [0.15, 0.2) is 17.0 Å². The van der Waals surface area contributed by atoms with Crippen molar-refractivity contribution >= 4 is 17.0 Å². The van der Waals surface area contributed by atoms with Crippen LogP contribution in [-0.2, 0) is 12.0 Å². The van der Waals surface area contributed by atoms with E-state index in [1.807, 2.05) is 10.9 Å². The molecular weight excluding hydrogens is 266 g/mol. The lowest BCUT2D eigenvalue weighted by atomic mass is 9.96. The summed E-state index contributed by atoms with van der Waals surface area (Å²) in [5, 5.41) is 9.80. The molecule has 0 saturated carbocycles. The van der Waals surface area contributed by atoms with Crippen molar-refractivity contribution < 1.29 is 5.11 Å². The van der Waals surface area contributed by atoms with E-state index in [2.05, 4.69) is 37.6 Å². The maximum Gasteiger partial charge on any atom is 0.165 e. The van der Waals surface area contributed by atoms with Crippen LogP contribution in [0.5, 0.6) is 0 Å². The molecule has 2 aromatic rings. The van der Waals surface area contributed by atoms with E-state index in [-0.39, 0.29) is 11.5 Å². The van der Waals surface area contributed by atoms with Gasteiger partial charge in [-0.25, -0.2) is 15.0 Å². The van der Waals surface area contributed by atoms with Crippen LogP contribution in [0.2, 0.25) is 0 Å². The molecule has 1 N–H and O–H groups in total. The Morgan fingerprint density at radius 3 is 2.67 bits per heavy atom. The molecule has 114 valence electrons. The van der Waals surface area contributed by atoms with Gasteiger partial charge in [0.05, 0.1) is 12.4 Å². The first kappa shape index (κ1) is 14.3. The van der Waals surface area contributed by atoms with Gasteiger partial charge < -0.3 is 14.6 Å². The Kier molecular flexibility index (Phi) is 3.36. The molecule has 3 heterocycles. The van der Waals surface area contributed by atoms with Crippen LogP contribution in [0.4, 0.5) is 5.82 Å². The maximum atomic E-state index is 9.80. The van der Waals surface area contributed by atoms with Crippen LogP contribution in [-0.4, -0.2) is 43.8 Å². The van der Waals surface area contributed by atoms with Crippen LogP contribution in [0.25, 0.3) is 11.2 Å². The van der Waals surface area contributed by atoms with Gasteiger partial charge >= 0.3 is 0 Å². The number of aromatic nitrogens is 4. The normalized spacial score (nSPS) is 19.7. The van der Waals surface area contributed by atoms with Crippen molar-refractivity contribution in [3.8, 4) is 0 Å². The number of hydrogen-bond donors (Lipinski definition) is 1. The van der Waals surface area contributed by atoms with Crippen LogP contribution >= 0.6 is 0 Å². The fourth-order valence-electron chi connectivity index (χ4n) is 2.65. The Morgan fingerprint density at radius 1 is 1.33 bits per heavy atom. The Balaban J connectivity index is 2.19. The molecule has 0 amide bonds. The van der Waals surface area contributed by atoms with Crippen molar-refractivity contribution in [3.63, 3.8) is 0 Å². The lowest BCUT2D eigenvalue weighted by Crippen LogP contribution is -2.25. The van der Waals surface area contributed by atoms with Gasteiger partial charge in [0.1, 0.15) is 5.82 Å². The van der Waals surface area contributed by atoms with Gasteiger partial charge in [0.2, 0.25) is 0 Å². The standard InChI is InChI=1S/C15H23N5O/c1-5-19-9-16-11-12(19)17-14(15(2,3)4)18-13(11)20-7-6-10(21)8-20/h9-10,21H,5-8H2,1-4H3. The Bertz CT molecular complexity index is 658. The zero-order valence-electron chi connectivity index (χ0n) is 13.2. The van der Waals surface area contributed by atoms with E-state index in [9.17, 15) is 5.11 Å². The highest BCUT2D eigenvalue weighted by Crippen LogP contribution is 2.29. The molecule has 1 unspecified atom stereocenters. The molecule has 1 fully saturated rings. The van der Waals surface area contributed by atoms with E-state index >= 15 is 0 Å². The minimum Gasteiger partial charge on any atom is -0.391 e. The molecule has 1 aliphatic rings. The minimum absolute atomic E-state index is 0.121. The highest BCUT2D eigenvalue weighted by atomic mass is 16.3. The number of anilines is 1. The predicted octanol–water partition coefficient (Wildman–Crippen LogP) is 1.71. The number of hydrogen-bond acceptors (Lipinski definition) is 5. The van der Waals surface area contributed by atoms with Gasteiger partial charge in [0, 0.05) is 25.0 Å². The van der Waals surface area contributed by atoms with E-state index in [4.69, 9.17) is 9.97 Å². The number of imidazole rings is 1.